The molecule has 2 aromatic rings. The van der Waals surface area contributed by atoms with Crippen LogP contribution in [-0.2, 0) is 4.74 Å². The molecule has 1 aliphatic carbocycles. The maximum Gasteiger partial charge on any atom is 0.277 e. The minimum atomic E-state index is -0.237. The number of ether oxygens (including phenoxy) is 1. The van der Waals surface area contributed by atoms with E-state index < -0.39 is 0 Å². The molecule has 1 aromatic heterocycles. The van der Waals surface area contributed by atoms with E-state index in [2.05, 4.69) is 15.4 Å². The molecule has 2 fully saturated rings. The zero-order valence-electron chi connectivity index (χ0n) is 13.7. The first-order valence-corrected chi connectivity index (χ1v) is 8.38. The number of anilines is 2. The second kappa shape index (κ2) is 6.28. The van der Waals surface area contributed by atoms with Crippen molar-refractivity contribution in [1.82, 2.24) is 5.16 Å². The first kappa shape index (κ1) is 15.2. The third-order valence-corrected chi connectivity index (χ3v) is 4.71. The molecule has 2 aliphatic rings. The molecule has 1 amide bonds. The summed E-state index contributed by atoms with van der Waals surface area (Å²) in [7, 11) is 1.76. The molecule has 126 valence electrons. The fraction of sp³-hybridized carbons (Fsp3) is 0.444. The molecule has 4 rings (SSSR count). The average Bonchev–Trinajstić information content (AvgIpc) is 3.14. The lowest BCUT2D eigenvalue weighted by atomic mass is 10.2. The number of nitrogens with zero attached hydrogens (tertiary/aromatic N) is 2. The molecule has 1 N–H and O–H groups in total. The van der Waals surface area contributed by atoms with Crippen LogP contribution < -0.4 is 10.2 Å². The Hall–Kier alpha value is -2.34. The zero-order valence-corrected chi connectivity index (χ0v) is 13.7. The van der Waals surface area contributed by atoms with Crippen LogP contribution in [0.3, 0.4) is 0 Å². The molecular weight excluding hydrogens is 306 g/mol. The molecular formula is C18H21N3O3. The van der Waals surface area contributed by atoms with E-state index in [1.54, 1.807) is 13.2 Å². The molecule has 2 heterocycles. The summed E-state index contributed by atoms with van der Waals surface area (Å²) in [5.41, 5.74) is 2.23. The fourth-order valence-corrected chi connectivity index (χ4v) is 3.06. The highest BCUT2D eigenvalue weighted by atomic mass is 16.5. The lowest BCUT2D eigenvalue weighted by molar-refractivity contribution is 0.101. The Labute approximate surface area is 140 Å². The summed E-state index contributed by atoms with van der Waals surface area (Å²) in [5.74, 6) is 1.03. The quantitative estimate of drug-likeness (QED) is 0.914. The number of hydrogen-bond donors (Lipinski definition) is 1. The standard InChI is InChI=1S/C18H21N3O3/c1-23-15-8-9-21(11-15)14-6-4-13(5-7-14)19-18(22)16-10-17(24-20-16)12-2-3-12/h4-7,10,12,15H,2-3,8-9,11H2,1H3,(H,19,22)/t15-/m0/s1. The van der Waals surface area contributed by atoms with Crippen LogP contribution in [0.1, 0.15) is 41.4 Å². The van der Waals surface area contributed by atoms with Gasteiger partial charge in [0.15, 0.2) is 5.69 Å². The lowest BCUT2D eigenvalue weighted by Gasteiger charge is -2.18. The van der Waals surface area contributed by atoms with Crippen molar-refractivity contribution in [2.24, 2.45) is 0 Å². The van der Waals surface area contributed by atoms with E-state index in [1.165, 1.54) is 0 Å². The summed E-state index contributed by atoms with van der Waals surface area (Å²) in [6.45, 7) is 1.90. The molecule has 0 unspecified atom stereocenters. The number of benzene rings is 1. The first-order chi connectivity index (χ1) is 11.7. The molecule has 6 nitrogen and oxygen atoms in total. The highest BCUT2D eigenvalue weighted by molar-refractivity contribution is 6.02. The number of amides is 1. The minimum Gasteiger partial charge on any atom is -0.380 e. The molecule has 0 spiro atoms. The normalized spacial score (nSPS) is 20.4. The second-order valence-electron chi connectivity index (χ2n) is 6.48. The van der Waals surface area contributed by atoms with Crippen molar-refractivity contribution in [1.29, 1.82) is 0 Å². The van der Waals surface area contributed by atoms with Gasteiger partial charge in [-0.15, -0.1) is 0 Å². The van der Waals surface area contributed by atoms with Crippen LogP contribution in [-0.4, -0.2) is 37.4 Å². The number of aromatic nitrogens is 1. The Balaban J connectivity index is 1.38. The van der Waals surface area contributed by atoms with Crippen LogP contribution >= 0.6 is 0 Å². The summed E-state index contributed by atoms with van der Waals surface area (Å²) in [4.78, 5) is 14.5. The Morgan fingerprint density at radius 2 is 2.08 bits per heavy atom. The maximum absolute atomic E-state index is 12.2. The third-order valence-electron chi connectivity index (χ3n) is 4.71. The Morgan fingerprint density at radius 1 is 1.29 bits per heavy atom. The van der Waals surface area contributed by atoms with E-state index in [0.717, 1.165) is 49.5 Å². The van der Waals surface area contributed by atoms with Gasteiger partial charge in [-0.3, -0.25) is 4.79 Å². The van der Waals surface area contributed by atoms with Crippen molar-refractivity contribution in [2.75, 3.05) is 30.4 Å². The maximum atomic E-state index is 12.2. The van der Waals surface area contributed by atoms with Gasteiger partial charge in [0.25, 0.3) is 5.91 Å². The Kier molecular flexibility index (Phi) is 3.98. The van der Waals surface area contributed by atoms with E-state index in [-0.39, 0.29) is 5.91 Å². The van der Waals surface area contributed by atoms with Gasteiger partial charge in [0.1, 0.15) is 5.76 Å². The van der Waals surface area contributed by atoms with Gasteiger partial charge in [0.2, 0.25) is 0 Å². The highest BCUT2D eigenvalue weighted by Crippen LogP contribution is 2.40. The average molecular weight is 327 g/mol. The van der Waals surface area contributed by atoms with Crippen LogP contribution in [0.5, 0.6) is 0 Å². The van der Waals surface area contributed by atoms with Gasteiger partial charge in [-0.1, -0.05) is 5.16 Å². The largest absolute Gasteiger partial charge is 0.380 e. The zero-order chi connectivity index (χ0) is 16.5. The molecule has 1 aliphatic heterocycles. The molecule has 1 saturated heterocycles. The van der Waals surface area contributed by atoms with E-state index in [9.17, 15) is 4.79 Å². The van der Waals surface area contributed by atoms with Crippen LogP contribution in [0.15, 0.2) is 34.9 Å². The molecule has 0 bridgehead atoms. The SMILES string of the molecule is CO[C@H]1CCN(c2ccc(NC(=O)c3cc(C4CC4)on3)cc2)C1. The predicted molar refractivity (Wildman–Crippen MR) is 90.5 cm³/mol. The molecule has 1 aromatic carbocycles. The van der Waals surface area contributed by atoms with Gasteiger partial charge in [0, 0.05) is 43.6 Å². The van der Waals surface area contributed by atoms with Crippen molar-refractivity contribution in [3.05, 3.63) is 41.8 Å². The third kappa shape index (κ3) is 3.14. The number of carbonyl (C=O) groups is 1. The van der Waals surface area contributed by atoms with Crippen molar-refractivity contribution >= 4 is 17.3 Å². The van der Waals surface area contributed by atoms with Crippen molar-refractivity contribution in [3.8, 4) is 0 Å². The Bertz CT molecular complexity index is 721. The van der Waals surface area contributed by atoms with Gasteiger partial charge >= 0.3 is 0 Å². The van der Waals surface area contributed by atoms with Crippen molar-refractivity contribution in [2.45, 2.75) is 31.3 Å². The summed E-state index contributed by atoms with van der Waals surface area (Å²) < 4.78 is 10.6. The molecule has 0 radical (unpaired) electrons. The summed E-state index contributed by atoms with van der Waals surface area (Å²) >= 11 is 0. The number of carbonyl (C=O) groups excluding carboxylic acids is 1. The lowest BCUT2D eigenvalue weighted by Crippen LogP contribution is -2.22. The van der Waals surface area contributed by atoms with Gasteiger partial charge in [-0.05, 0) is 43.5 Å². The number of hydrogen-bond acceptors (Lipinski definition) is 5. The van der Waals surface area contributed by atoms with Crippen LogP contribution in [0.25, 0.3) is 0 Å². The van der Waals surface area contributed by atoms with Gasteiger partial charge < -0.3 is 19.5 Å². The predicted octanol–water partition coefficient (Wildman–Crippen LogP) is 3.03. The molecule has 24 heavy (non-hydrogen) atoms. The topological polar surface area (TPSA) is 67.6 Å². The van der Waals surface area contributed by atoms with E-state index >= 15 is 0 Å². The Morgan fingerprint density at radius 3 is 2.75 bits per heavy atom. The van der Waals surface area contributed by atoms with Crippen LogP contribution in [0, 0.1) is 0 Å². The highest BCUT2D eigenvalue weighted by Gasteiger charge is 2.29. The first-order valence-electron chi connectivity index (χ1n) is 8.38. The molecule has 6 heteroatoms. The number of methoxy groups -OCH3 is 1. The van der Waals surface area contributed by atoms with Gasteiger partial charge in [-0.25, -0.2) is 0 Å². The van der Waals surface area contributed by atoms with Gasteiger partial charge in [0.05, 0.1) is 6.10 Å². The second-order valence-corrected chi connectivity index (χ2v) is 6.48. The number of nitrogens with one attached hydrogen (secondary N) is 1. The summed E-state index contributed by atoms with van der Waals surface area (Å²) in [6.07, 6.45) is 3.60. The van der Waals surface area contributed by atoms with Crippen LogP contribution in [0.4, 0.5) is 11.4 Å². The smallest absolute Gasteiger partial charge is 0.277 e. The fourth-order valence-electron chi connectivity index (χ4n) is 3.06. The number of rotatable bonds is 5. The summed E-state index contributed by atoms with van der Waals surface area (Å²) in [5, 5.41) is 6.73. The summed E-state index contributed by atoms with van der Waals surface area (Å²) in [6, 6.07) is 9.61. The van der Waals surface area contributed by atoms with E-state index in [0.29, 0.717) is 17.7 Å². The van der Waals surface area contributed by atoms with Crippen molar-refractivity contribution < 1.29 is 14.1 Å². The van der Waals surface area contributed by atoms with Crippen molar-refractivity contribution in [3.63, 3.8) is 0 Å². The van der Waals surface area contributed by atoms with E-state index in [1.807, 2.05) is 24.3 Å². The van der Waals surface area contributed by atoms with Crippen LogP contribution in [0.2, 0.25) is 0 Å². The molecule has 1 atom stereocenters. The van der Waals surface area contributed by atoms with E-state index in [4.69, 9.17) is 9.26 Å². The minimum absolute atomic E-state index is 0.237. The monoisotopic (exact) mass is 327 g/mol. The molecule has 1 saturated carbocycles. The van der Waals surface area contributed by atoms with Gasteiger partial charge in [-0.2, -0.15) is 0 Å².